The highest BCUT2D eigenvalue weighted by Crippen LogP contribution is 2.47. The summed E-state index contributed by atoms with van der Waals surface area (Å²) in [5.41, 5.74) is 0. The zero-order chi connectivity index (χ0) is 24.5. The molecule has 0 rings (SSSR count). The SMILES string of the molecule is CCCCC/C=C\CCCOS(C)(CCCCN(C)CCO)OCCC/C=C\CCCCC. The van der Waals surface area contributed by atoms with E-state index in [0.29, 0.717) is 0 Å². The molecular formula is C28H57NO3S. The van der Waals surface area contributed by atoms with E-state index >= 15 is 0 Å². The van der Waals surface area contributed by atoms with Crippen LogP contribution in [0.2, 0.25) is 0 Å². The highest BCUT2D eigenvalue weighted by Gasteiger charge is 2.15. The van der Waals surface area contributed by atoms with Crippen molar-refractivity contribution in [3.05, 3.63) is 24.3 Å². The Morgan fingerprint density at radius 3 is 1.61 bits per heavy atom. The van der Waals surface area contributed by atoms with Gasteiger partial charge in [0, 0.05) is 18.6 Å². The lowest BCUT2D eigenvalue weighted by molar-refractivity contribution is 0.219. The molecule has 33 heavy (non-hydrogen) atoms. The van der Waals surface area contributed by atoms with Gasteiger partial charge in [-0.2, -0.15) is 10.6 Å². The first-order valence-electron chi connectivity index (χ1n) is 13.7. The number of aliphatic hydroxyl groups is 1. The Morgan fingerprint density at radius 2 is 1.15 bits per heavy atom. The van der Waals surface area contributed by atoms with Crippen LogP contribution in [0, 0.1) is 0 Å². The smallest absolute Gasteiger partial charge is 0.0716 e. The molecule has 0 heterocycles. The highest BCUT2D eigenvalue weighted by molar-refractivity contribution is 8.25. The van der Waals surface area contributed by atoms with Crippen molar-refractivity contribution in [3.8, 4) is 0 Å². The Labute approximate surface area is 208 Å². The quantitative estimate of drug-likeness (QED) is 0.105. The van der Waals surface area contributed by atoms with Crippen LogP contribution in [0.4, 0.5) is 0 Å². The second-order valence-corrected chi connectivity index (χ2v) is 12.0. The number of likely N-dealkylation sites (N-methyl/N-ethyl adjacent to an activating group) is 1. The second kappa shape index (κ2) is 24.8. The highest BCUT2D eigenvalue weighted by atomic mass is 32.3. The molecule has 0 aliphatic carbocycles. The summed E-state index contributed by atoms with van der Waals surface area (Å²) in [6.45, 7) is 8.06. The lowest BCUT2D eigenvalue weighted by atomic mass is 10.2. The number of unbranched alkanes of at least 4 members (excludes halogenated alkanes) is 9. The third kappa shape index (κ3) is 23.2. The first kappa shape index (κ1) is 32.7. The van der Waals surface area contributed by atoms with E-state index in [-0.39, 0.29) is 6.61 Å². The maximum Gasteiger partial charge on any atom is 0.0716 e. The van der Waals surface area contributed by atoms with Crippen LogP contribution >= 0.6 is 10.6 Å². The van der Waals surface area contributed by atoms with Gasteiger partial charge in [-0.25, -0.2) is 0 Å². The van der Waals surface area contributed by atoms with Crippen molar-refractivity contribution in [2.24, 2.45) is 0 Å². The number of allylic oxidation sites excluding steroid dienone is 4. The van der Waals surface area contributed by atoms with Crippen LogP contribution in [0.25, 0.3) is 0 Å². The summed E-state index contributed by atoms with van der Waals surface area (Å²) in [5.74, 6) is 1.000. The summed E-state index contributed by atoms with van der Waals surface area (Å²) in [6, 6.07) is 0. The van der Waals surface area contributed by atoms with Gasteiger partial charge in [-0.3, -0.25) is 8.37 Å². The van der Waals surface area contributed by atoms with Crippen molar-refractivity contribution < 1.29 is 13.5 Å². The van der Waals surface area contributed by atoms with Crippen molar-refractivity contribution in [2.45, 2.75) is 104 Å². The Morgan fingerprint density at radius 1 is 0.667 bits per heavy atom. The van der Waals surface area contributed by atoms with Crippen molar-refractivity contribution in [1.29, 1.82) is 0 Å². The molecule has 0 radical (unpaired) electrons. The molecular weight excluding hydrogens is 430 g/mol. The Bertz CT molecular complexity index is 428. The van der Waals surface area contributed by atoms with Crippen LogP contribution < -0.4 is 0 Å². The van der Waals surface area contributed by atoms with Gasteiger partial charge in [0.25, 0.3) is 0 Å². The molecule has 0 aliphatic heterocycles. The fraction of sp³-hybridized carbons (Fsp3) is 0.857. The summed E-state index contributed by atoms with van der Waals surface area (Å²) < 4.78 is 12.7. The Hall–Kier alpha value is -0.330. The molecule has 0 atom stereocenters. The molecule has 0 aliphatic rings. The zero-order valence-electron chi connectivity index (χ0n) is 22.6. The number of aliphatic hydroxyl groups excluding tert-OH is 1. The second-order valence-electron chi connectivity index (χ2n) is 9.23. The lowest BCUT2D eigenvalue weighted by Crippen LogP contribution is -2.23. The molecule has 198 valence electrons. The molecule has 1 N–H and O–H groups in total. The average molecular weight is 488 g/mol. The predicted octanol–water partition coefficient (Wildman–Crippen LogP) is 7.82. The molecule has 0 fully saturated rings. The minimum absolute atomic E-state index is 0.228. The van der Waals surface area contributed by atoms with Crippen LogP contribution in [0.15, 0.2) is 24.3 Å². The van der Waals surface area contributed by atoms with Crippen LogP contribution in [0.3, 0.4) is 0 Å². The normalized spacial score (nSPS) is 13.2. The minimum atomic E-state index is -1.47. The third-order valence-electron chi connectivity index (χ3n) is 5.76. The van der Waals surface area contributed by atoms with Gasteiger partial charge in [0.05, 0.1) is 19.8 Å². The molecule has 0 saturated carbocycles. The fourth-order valence-corrected chi connectivity index (χ4v) is 5.52. The largest absolute Gasteiger partial charge is 0.395 e. The maximum absolute atomic E-state index is 9.06. The Balaban J connectivity index is 4.25. The van der Waals surface area contributed by atoms with Crippen molar-refractivity contribution >= 4 is 10.6 Å². The van der Waals surface area contributed by atoms with Gasteiger partial charge < -0.3 is 10.0 Å². The average Bonchev–Trinajstić information content (AvgIpc) is 2.80. The van der Waals surface area contributed by atoms with Gasteiger partial charge in [-0.05, 0) is 77.8 Å². The van der Waals surface area contributed by atoms with Gasteiger partial charge in [0.1, 0.15) is 0 Å². The van der Waals surface area contributed by atoms with E-state index in [4.69, 9.17) is 13.5 Å². The lowest BCUT2D eigenvalue weighted by Gasteiger charge is -2.40. The first-order chi connectivity index (χ1) is 16.1. The van der Waals surface area contributed by atoms with E-state index in [1.54, 1.807) is 0 Å². The predicted molar refractivity (Wildman–Crippen MR) is 149 cm³/mol. The summed E-state index contributed by atoms with van der Waals surface area (Å²) in [5, 5.41) is 9.06. The minimum Gasteiger partial charge on any atom is -0.395 e. The van der Waals surface area contributed by atoms with Crippen LogP contribution in [0.5, 0.6) is 0 Å². The van der Waals surface area contributed by atoms with E-state index in [9.17, 15) is 0 Å². The molecule has 0 spiro atoms. The molecule has 0 aromatic carbocycles. The van der Waals surface area contributed by atoms with Crippen LogP contribution in [-0.4, -0.2) is 62.0 Å². The molecule has 0 amide bonds. The van der Waals surface area contributed by atoms with Crippen molar-refractivity contribution in [2.75, 3.05) is 52.0 Å². The summed E-state index contributed by atoms with van der Waals surface area (Å²) >= 11 is 0. The number of hydrogen-bond acceptors (Lipinski definition) is 4. The summed E-state index contributed by atoms with van der Waals surface area (Å²) in [4.78, 5) is 2.19. The van der Waals surface area contributed by atoms with E-state index in [1.165, 1.54) is 51.4 Å². The maximum atomic E-state index is 9.06. The van der Waals surface area contributed by atoms with Crippen LogP contribution in [0.1, 0.15) is 104 Å². The van der Waals surface area contributed by atoms with Crippen molar-refractivity contribution in [1.82, 2.24) is 4.90 Å². The third-order valence-corrected chi connectivity index (χ3v) is 8.13. The Kier molecular flexibility index (Phi) is 24.5. The van der Waals surface area contributed by atoms with E-state index in [1.807, 2.05) is 0 Å². The summed E-state index contributed by atoms with van der Waals surface area (Å²) in [7, 11) is 0.595. The molecule has 5 heteroatoms. The van der Waals surface area contributed by atoms with Gasteiger partial charge >= 0.3 is 0 Å². The van der Waals surface area contributed by atoms with Crippen LogP contribution in [-0.2, 0) is 8.37 Å². The molecule has 0 bridgehead atoms. The molecule has 0 aromatic rings. The van der Waals surface area contributed by atoms with E-state index < -0.39 is 10.6 Å². The molecule has 0 aromatic heterocycles. The molecule has 0 unspecified atom stereocenters. The van der Waals surface area contributed by atoms with Gasteiger partial charge in [-0.1, -0.05) is 63.8 Å². The van der Waals surface area contributed by atoms with Crippen molar-refractivity contribution in [3.63, 3.8) is 0 Å². The number of nitrogens with zero attached hydrogens (tertiary/aromatic N) is 1. The standard InChI is InChI=1S/C28H57NO3S/c1-5-7-9-11-13-15-17-20-26-31-33(4,28-22-19-23-29(3)24-25-30)32-27-21-18-16-14-12-10-8-6-2/h13-16,30H,5-12,17-28H2,1-4H3/b15-13-,16-14-. The number of hydrogen-bond donors (Lipinski definition) is 1. The zero-order valence-corrected chi connectivity index (χ0v) is 23.4. The number of rotatable bonds is 25. The topological polar surface area (TPSA) is 41.9 Å². The van der Waals surface area contributed by atoms with E-state index in [2.05, 4.69) is 56.4 Å². The summed E-state index contributed by atoms with van der Waals surface area (Å²) in [6.07, 6.45) is 28.3. The molecule has 0 saturated heterocycles. The van der Waals surface area contributed by atoms with Gasteiger partial charge in [0.15, 0.2) is 0 Å². The first-order valence-corrected chi connectivity index (χ1v) is 15.8. The van der Waals surface area contributed by atoms with E-state index in [0.717, 1.165) is 70.6 Å². The van der Waals surface area contributed by atoms with Gasteiger partial charge in [0.2, 0.25) is 0 Å². The fourth-order valence-electron chi connectivity index (χ4n) is 3.55. The monoisotopic (exact) mass is 487 g/mol. The molecule has 4 nitrogen and oxygen atoms in total. The van der Waals surface area contributed by atoms with Gasteiger partial charge in [-0.15, -0.1) is 0 Å².